The molecule has 2 aromatic heterocycles. The molecule has 0 radical (unpaired) electrons. The topological polar surface area (TPSA) is 29.0 Å². The lowest BCUT2D eigenvalue weighted by Crippen LogP contribution is -2.42. The van der Waals surface area contributed by atoms with Gasteiger partial charge in [-0.25, -0.2) is 9.97 Å². The van der Waals surface area contributed by atoms with Crippen LogP contribution in [0.5, 0.6) is 0 Å². The Balaban J connectivity index is 1.41. The summed E-state index contributed by atoms with van der Waals surface area (Å²) in [6.07, 6.45) is 0. The van der Waals surface area contributed by atoms with Gasteiger partial charge < -0.3 is 0 Å². The Bertz CT molecular complexity index is 2780. The van der Waals surface area contributed by atoms with Crippen molar-refractivity contribution in [2.24, 2.45) is 0 Å². The van der Waals surface area contributed by atoms with E-state index in [1.165, 1.54) is 58.4 Å². The number of rotatable bonds is 2. The van der Waals surface area contributed by atoms with Crippen LogP contribution in [-0.2, 0) is 5.54 Å². The third kappa shape index (κ3) is 3.67. The minimum Gasteiger partial charge on any atom is -0.299 e. The Kier molecular flexibility index (Phi) is 5.29. The van der Waals surface area contributed by atoms with Crippen LogP contribution in [0.3, 0.4) is 0 Å². The Labute approximate surface area is 277 Å². The predicted octanol–water partition coefficient (Wildman–Crippen LogP) is 12.0. The van der Waals surface area contributed by atoms with E-state index in [4.69, 9.17) is 11.3 Å². The van der Waals surface area contributed by atoms with E-state index in [1.54, 1.807) is 0 Å². The van der Waals surface area contributed by atoms with Gasteiger partial charge in [-0.2, -0.15) is 0 Å². The zero-order valence-corrected chi connectivity index (χ0v) is 26.8. The van der Waals surface area contributed by atoms with Gasteiger partial charge >= 0.3 is 0 Å². The number of nitrogens with zero attached hydrogens (tertiary/aromatic N) is 3. The minimum absolute atomic E-state index is 0.478. The number of hydrogen-bond donors (Lipinski definition) is 0. The van der Waals surface area contributed by atoms with Crippen LogP contribution in [0.25, 0.3) is 75.0 Å². The van der Waals surface area contributed by atoms with Gasteiger partial charge in [-0.15, -0.1) is 11.3 Å². The first-order valence-corrected chi connectivity index (χ1v) is 16.8. The molecule has 0 atom stereocenters. The zero-order valence-electron chi connectivity index (χ0n) is 27.0. The Hall–Kier alpha value is -5.58. The van der Waals surface area contributed by atoms with E-state index in [0.29, 0.717) is 12.0 Å². The van der Waals surface area contributed by atoms with Gasteiger partial charge in [-0.1, -0.05) is 127 Å². The van der Waals surface area contributed by atoms with E-state index in [9.17, 15) is 0 Å². The van der Waals surface area contributed by atoms with Crippen LogP contribution in [0.15, 0.2) is 140 Å². The molecule has 0 unspecified atom stereocenters. The van der Waals surface area contributed by atoms with Crippen LogP contribution in [0, 0.1) is 0 Å². The molecule has 222 valence electrons. The number of fused-ring (bicyclic) bond motifs is 13. The first-order valence-electron chi connectivity index (χ1n) is 16.5. The van der Waals surface area contributed by atoms with Gasteiger partial charge in [0.05, 0.1) is 28.5 Å². The number of hydrogen-bond acceptors (Lipinski definition) is 4. The maximum absolute atomic E-state index is 8.13. The maximum Gasteiger partial charge on any atom is 0.231 e. The molecule has 0 N–H and O–H groups in total. The second-order valence-corrected chi connectivity index (χ2v) is 13.9. The number of thiophene rings is 1. The van der Waals surface area contributed by atoms with Crippen molar-refractivity contribution in [2.45, 2.75) is 19.4 Å². The fourth-order valence-electron chi connectivity index (χ4n) is 7.84. The molecule has 0 bridgehead atoms. The summed E-state index contributed by atoms with van der Waals surface area (Å²) < 4.78 is 10.6. The number of para-hydroxylation sites is 1. The highest BCUT2D eigenvalue weighted by Gasteiger charge is 2.43. The molecule has 7 aromatic carbocycles. The van der Waals surface area contributed by atoms with Crippen molar-refractivity contribution in [3.8, 4) is 22.4 Å². The summed E-state index contributed by atoms with van der Waals surface area (Å²) in [5.74, 6) is 0.665. The maximum atomic E-state index is 8.13. The second kappa shape index (κ2) is 9.71. The third-order valence-corrected chi connectivity index (χ3v) is 11.1. The lowest BCUT2D eigenvalue weighted by Gasteiger charge is -2.46. The Morgan fingerprint density at radius 2 is 1.30 bits per heavy atom. The summed E-state index contributed by atoms with van der Waals surface area (Å²) in [6, 6.07) is 47.4. The molecule has 0 spiro atoms. The average Bonchev–Trinajstić information content (AvgIpc) is 3.51. The zero-order chi connectivity index (χ0) is 32.1. The van der Waals surface area contributed by atoms with E-state index < -0.39 is 5.54 Å². The highest BCUT2D eigenvalue weighted by atomic mass is 32.1. The fourth-order valence-corrected chi connectivity index (χ4v) is 9.09. The number of benzene rings is 7. The summed E-state index contributed by atoms with van der Waals surface area (Å²) in [5, 5.41) is 8.52. The third-order valence-electron chi connectivity index (χ3n) is 9.92. The summed E-state index contributed by atoms with van der Waals surface area (Å²) in [4.78, 5) is 13.2. The van der Waals surface area contributed by atoms with E-state index in [2.05, 4.69) is 116 Å². The summed E-state index contributed by atoms with van der Waals surface area (Å²) in [5.41, 5.74) is 7.13. The Morgan fingerprint density at radius 1 is 0.617 bits per heavy atom. The van der Waals surface area contributed by atoms with Gasteiger partial charge in [0.25, 0.3) is 0 Å². The van der Waals surface area contributed by atoms with Crippen LogP contribution in [0.1, 0.15) is 20.8 Å². The number of aromatic nitrogens is 2. The molecular weight excluding hydrogens is 591 g/mol. The fraction of sp³-hybridized carbons (Fsp3) is 0.0698. The largest absolute Gasteiger partial charge is 0.299 e. The summed E-state index contributed by atoms with van der Waals surface area (Å²) >= 11 is 1.86. The lowest BCUT2D eigenvalue weighted by atomic mass is 9.76. The first-order chi connectivity index (χ1) is 23.5. The molecule has 0 saturated carbocycles. The quantitative estimate of drug-likeness (QED) is 0.193. The van der Waals surface area contributed by atoms with Gasteiger partial charge in [0.1, 0.15) is 0 Å². The van der Waals surface area contributed by atoms with Crippen molar-refractivity contribution in [1.82, 2.24) is 9.97 Å². The van der Waals surface area contributed by atoms with Crippen molar-refractivity contribution in [3.05, 3.63) is 145 Å². The molecule has 1 aliphatic heterocycles. The SMILES string of the molecule is [2H]c1ccc(-c2nc(N3c4c(c5ccccc5c5c4sc4ccccc45)-c4c(ccc5ccccc45)C3(C)C)nc3ccccc23)cc1. The molecule has 47 heavy (non-hydrogen) atoms. The normalized spacial score (nSPS) is 14.2. The molecule has 10 rings (SSSR count). The number of anilines is 2. The molecule has 0 fully saturated rings. The molecular formula is C43H29N3S. The van der Waals surface area contributed by atoms with Gasteiger partial charge in [0, 0.05) is 32.0 Å². The highest BCUT2D eigenvalue weighted by Crippen LogP contribution is 2.59. The molecule has 1 aliphatic rings. The minimum atomic E-state index is -0.511. The van der Waals surface area contributed by atoms with Crippen molar-refractivity contribution in [3.63, 3.8) is 0 Å². The monoisotopic (exact) mass is 620 g/mol. The first kappa shape index (κ1) is 25.6. The van der Waals surface area contributed by atoms with Crippen LogP contribution in [0.4, 0.5) is 11.6 Å². The molecule has 0 saturated heterocycles. The van der Waals surface area contributed by atoms with E-state index >= 15 is 0 Å². The van der Waals surface area contributed by atoms with E-state index in [-0.39, 0.29) is 0 Å². The molecule has 4 heteroatoms. The average molecular weight is 621 g/mol. The van der Waals surface area contributed by atoms with E-state index in [1.807, 2.05) is 47.7 Å². The summed E-state index contributed by atoms with van der Waals surface area (Å²) in [7, 11) is 0. The summed E-state index contributed by atoms with van der Waals surface area (Å²) in [6.45, 7) is 4.62. The van der Waals surface area contributed by atoms with Crippen LogP contribution < -0.4 is 4.90 Å². The molecule has 0 aliphatic carbocycles. The standard InChI is InChI=1S/C43H29N3S/c1-43(2)33-25-24-26-14-6-7-17-28(26)37(33)38-30-19-9-8-18-29(30)36-32-21-11-13-23-35(32)47-41(36)40(38)46(43)42-44-34-22-12-10-20-31(34)39(45-42)27-15-4-3-5-16-27/h3-25H,1-2H3/i3D. The second-order valence-electron chi connectivity index (χ2n) is 12.9. The van der Waals surface area contributed by atoms with Crippen LogP contribution in [-0.4, -0.2) is 9.97 Å². The molecule has 0 amide bonds. The van der Waals surface area contributed by atoms with Crippen molar-refractivity contribution < 1.29 is 1.37 Å². The lowest BCUT2D eigenvalue weighted by molar-refractivity contribution is 0.525. The highest BCUT2D eigenvalue weighted by molar-refractivity contribution is 7.26. The smallest absolute Gasteiger partial charge is 0.231 e. The van der Waals surface area contributed by atoms with Gasteiger partial charge in [0.2, 0.25) is 5.95 Å². The predicted molar refractivity (Wildman–Crippen MR) is 200 cm³/mol. The van der Waals surface area contributed by atoms with Crippen molar-refractivity contribution >= 4 is 75.6 Å². The molecule has 9 aromatic rings. The van der Waals surface area contributed by atoms with Crippen LogP contribution in [0.2, 0.25) is 0 Å². The molecule has 3 heterocycles. The van der Waals surface area contributed by atoms with Crippen molar-refractivity contribution in [1.29, 1.82) is 0 Å². The van der Waals surface area contributed by atoms with Gasteiger partial charge in [-0.3, -0.25) is 4.90 Å². The van der Waals surface area contributed by atoms with Crippen molar-refractivity contribution in [2.75, 3.05) is 4.90 Å². The van der Waals surface area contributed by atoms with E-state index in [0.717, 1.165) is 27.8 Å². The Morgan fingerprint density at radius 3 is 2.13 bits per heavy atom. The van der Waals surface area contributed by atoms with Crippen LogP contribution >= 0.6 is 11.3 Å². The van der Waals surface area contributed by atoms with Gasteiger partial charge in [0.15, 0.2) is 0 Å². The van der Waals surface area contributed by atoms with Gasteiger partial charge in [-0.05, 0) is 58.7 Å². The molecule has 3 nitrogen and oxygen atoms in total.